The number of Topliss-reactive ketones (excluding diaryl/α,β-unsaturated/α-hetero) is 1. The number of hydrogen-bond acceptors (Lipinski definition) is 2. The zero-order chi connectivity index (χ0) is 11.4. The van der Waals surface area contributed by atoms with Gasteiger partial charge in [0, 0.05) is 5.92 Å². The van der Waals surface area contributed by atoms with Crippen molar-refractivity contribution in [2.75, 3.05) is 7.11 Å². The first-order valence-electron chi connectivity index (χ1n) is 5.48. The Balaban J connectivity index is 2.68. The molecule has 0 bridgehead atoms. The average molecular weight is 208 g/mol. The lowest BCUT2D eigenvalue weighted by Crippen LogP contribution is -2.26. The van der Waals surface area contributed by atoms with E-state index in [0.29, 0.717) is 11.7 Å². The van der Waals surface area contributed by atoms with E-state index in [4.69, 9.17) is 4.74 Å². The summed E-state index contributed by atoms with van der Waals surface area (Å²) in [6.45, 7) is 6.18. The molecule has 2 nitrogen and oxygen atoms in total. The fourth-order valence-corrected chi connectivity index (χ4v) is 1.87. The number of hydrogen-bond donors (Lipinski definition) is 0. The van der Waals surface area contributed by atoms with Crippen LogP contribution in [0, 0.1) is 11.8 Å². The van der Waals surface area contributed by atoms with Crippen LogP contribution in [-0.2, 0) is 9.53 Å². The molecule has 0 aromatic carbocycles. The third-order valence-electron chi connectivity index (χ3n) is 3.02. The molecule has 0 aromatic heterocycles. The summed E-state index contributed by atoms with van der Waals surface area (Å²) in [5.74, 6) is 1.21. The molecule has 0 saturated carbocycles. The lowest BCUT2D eigenvalue weighted by Gasteiger charge is -2.25. The van der Waals surface area contributed by atoms with Crippen LogP contribution in [0.1, 0.15) is 33.6 Å². The monoisotopic (exact) mass is 208 g/mol. The van der Waals surface area contributed by atoms with E-state index in [1.54, 1.807) is 7.11 Å². The lowest BCUT2D eigenvalue weighted by molar-refractivity contribution is -0.124. The Morgan fingerprint density at radius 2 is 2.27 bits per heavy atom. The molecule has 0 N–H and O–H groups in total. The van der Waals surface area contributed by atoms with Gasteiger partial charge in [0.25, 0.3) is 0 Å². The number of carbonyl (C=O) groups excluding carboxylic acids is 1. The predicted octanol–water partition coefficient (Wildman–Crippen LogP) is 3.10. The van der Waals surface area contributed by atoms with Gasteiger partial charge in [0.2, 0.25) is 0 Å². The Kier molecular flexibility index (Phi) is 4.13. The van der Waals surface area contributed by atoms with Crippen LogP contribution in [0.15, 0.2) is 23.5 Å². The first kappa shape index (κ1) is 12.0. The molecule has 0 heterocycles. The van der Waals surface area contributed by atoms with Crippen LogP contribution < -0.4 is 0 Å². The second kappa shape index (κ2) is 5.15. The largest absolute Gasteiger partial charge is 0.493 e. The van der Waals surface area contributed by atoms with Crippen molar-refractivity contribution in [3.63, 3.8) is 0 Å². The molecule has 2 atom stereocenters. The zero-order valence-corrected chi connectivity index (χ0v) is 10.0. The molecule has 84 valence electrons. The highest BCUT2D eigenvalue weighted by Gasteiger charge is 2.29. The first-order valence-corrected chi connectivity index (χ1v) is 5.48. The Bertz CT molecular complexity index is 296. The molecule has 15 heavy (non-hydrogen) atoms. The Morgan fingerprint density at radius 1 is 1.60 bits per heavy atom. The normalized spacial score (nSPS) is 25.9. The van der Waals surface area contributed by atoms with Gasteiger partial charge in [-0.25, -0.2) is 0 Å². The van der Waals surface area contributed by atoms with E-state index >= 15 is 0 Å². The molecule has 0 spiro atoms. The van der Waals surface area contributed by atoms with Gasteiger partial charge in [0.1, 0.15) is 0 Å². The highest BCUT2D eigenvalue weighted by molar-refractivity contribution is 5.96. The molecule has 1 aliphatic rings. The molecule has 0 aliphatic heterocycles. The summed E-state index contributed by atoms with van der Waals surface area (Å²) in [6.07, 6.45) is 6.06. The standard InChI is InChI=1S/C13H20O2/c1-9(2)5-6-11-7-8-12(15-4)13(14)10(11)3/h5,8,10-11H,6-7H2,1-4H3. The van der Waals surface area contributed by atoms with Gasteiger partial charge >= 0.3 is 0 Å². The second-order valence-electron chi connectivity index (χ2n) is 4.44. The van der Waals surface area contributed by atoms with Crippen LogP contribution in [0.4, 0.5) is 0 Å². The van der Waals surface area contributed by atoms with Gasteiger partial charge in [-0.15, -0.1) is 0 Å². The van der Waals surface area contributed by atoms with Gasteiger partial charge < -0.3 is 4.74 Å². The van der Waals surface area contributed by atoms with Crippen molar-refractivity contribution < 1.29 is 9.53 Å². The van der Waals surface area contributed by atoms with Crippen molar-refractivity contribution in [3.05, 3.63) is 23.5 Å². The van der Waals surface area contributed by atoms with E-state index in [1.807, 2.05) is 13.0 Å². The van der Waals surface area contributed by atoms with Crippen molar-refractivity contribution in [2.45, 2.75) is 33.6 Å². The van der Waals surface area contributed by atoms with E-state index in [9.17, 15) is 4.79 Å². The van der Waals surface area contributed by atoms with Crippen molar-refractivity contribution in [2.24, 2.45) is 11.8 Å². The van der Waals surface area contributed by atoms with Crippen molar-refractivity contribution in [1.82, 2.24) is 0 Å². The van der Waals surface area contributed by atoms with Crippen LogP contribution >= 0.6 is 0 Å². The molecule has 0 aromatic rings. The second-order valence-corrected chi connectivity index (χ2v) is 4.44. The SMILES string of the molecule is COC1=CCC(CC=C(C)C)C(C)C1=O. The average Bonchev–Trinajstić information content (AvgIpc) is 2.20. The van der Waals surface area contributed by atoms with Gasteiger partial charge in [-0.05, 0) is 38.7 Å². The fourth-order valence-electron chi connectivity index (χ4n) is 1.87. The van der Waals surface area contributed by atoms with E-state index in [-0.39, 0.29) is 11.7 Å². The molecule has 2 unspecified atom stereocenters. The van der Waals surface area contributed by atoms with Crippen molar-refractivity contribution in [1.29, 1.82) is 0 Å². The third-order valence-corrected chi connectivity index (χ3v) is 3.02. The van der Waals surface area contributed by atoms with Crippen molar-refractivity contribution in [3.8, 4) is 0 Å². The minimum absolute atomic E-state index is 0.0838. The molecule has 1 aliphatic carbocycles. The van der Waals surface area contributed by atoms with Gasteiger partial charge in [0.15, 0.2) is 11.5 Å². The number of carbonyl (C=O) groups is 1. The van der Waals surface area contributed by atoms with Crippen molar-refractivity contribution >= 4 is 5.78 Å². The Morgan fingerprint density at radius 3 is 2.80 bits per heavy atom. The summed E-state index contributed by atoms with van der Waals surface area (Å²) < 4.78 is 5.04. The molecule has 2 heteroatoms. The smallest absolute Gasteiger partial charge is 0.200 e. The third kappa shape index (κ3) is 2.95. The molecule has 0 saturated heterocycles. The van der Waals surface area contributed by atoms with Crippen LogP contribution in [0.25, 0.3) is 0 Å². The molecular formula is C13H20O2. The van der Waals surface area contributed by atoms with Gasteiger partial charge in [0.05, 0.1) is 7.11 Å². The maximum absolute atomic E-state index is 11.8. The van der Waals surface area contributed by atoms with Crippen LogP contribution in [0.5, 0.6) is 0 Å². The first-order chi connectivity index (χ1) is 7.06. The zero-order valence-electron chi connectivity index (χ0n) is 10.0. The summed E-state index contributed by atoms with van der Waals surface area (Å²) in [4.78, 5) is 11.8. The summed E-state index contributed by atoms with van der Waals surface area (Å²) in [6, 6.07) is 0. The summed E-state index contributed by atoms with van der Waals surface area (Å²) in [5.41, 5.74) is 1.32. The van der Waals surface area contributed by atoms with Gasteiger partial charge in [-0.3, -0.25) is 4.79 Å². The number of methoxy groups -OCH3 is 1. The molecular weight excluding hydrogens is 188 g/mol. The maximum Gasteiger partial charge on any atom is 0.200 e. The van der Waals surface area contributed by atoms with E-state index in [2.05, 4.69) is 19.9 Å². The highest BCUT2D eigenvalue weighted by Crippen LogP contribution is 2.29. The quantitative estimate of drug-likeness (QED) is 0.666. The summed E-state index contributed by atoms with van der Waals surface area (Å²) in [5, 5.41) is 0. The Labute approximate surface area is 92.0 Å². The summed E-state index contributed by atoms with van der Waals surface area (Å²) in [7, 11) is 1.56. The molecule has 0 amide bonds. The topological polar surface area (TPSA) is 26.3 Å². The van der Waals surface area contributed by atoms with Crippen LogP contribution in [0.3, 0.4) is 0 Å². The lowest BCUT2D eigenvalue weighted by atomic mass is 9.80. The number of allylic oxidation sites excluding steroid dienone is 4. The number of ether oxygens (including phenoxy) is 1. The Hall–Kier alpha value is -1.05. The van der Waals surface area contributed by atoms with Gasteiger partial charge in [-0.1, -0.05) is 18.6 Å². The predicted molar refractivity (Wildman–Crippen MR) is 61.4 cm³/mol. The molecule has 1 rings (SSSR count). The number of rotatable bonds is 3. The highest BCUT2D eigenvalue weighted by atomic mass is 16.5. The maximum atomic E-state index is 11.8. The molecule has 0 radical (unpaired) electrons. The van der Waals surface area contributed by atoms with E-state index < -0.39 is 0 Å². The van der Waals surface area contributed by atoms with E-state index in [1.165, 1.54) is 5.57 Å². The van der Waals surface area contributed by atoms with Crippen LogP contribution in [-0.4, -0.2) is 12.9 Å². The van der Waals surface area contributed by atoms with E-state index in [0.717, 1.165) is 12.8 Å². The van der Waals surface area contributed by atoms with Gasteiger partial charge in [-0.2, -0.15) is 0 Å². The van der Waals surface area contributed by atoms with Crippen LogP contribution in [0.2, 0.25) is 0 Å². The molecule has 0 fully saturated rings. The number of ketones is 1. The summed E-state index contributed by atoms with van der Waals surface area (Å²) >= 11 is 0. The minimum atomic E-state index is 0.0838. The minimum Gasteiger partial charge on any atom is -0.493 e. The fraction of sp³-hybridized carbons (Fsp3) is 0.615.